The van der Waals surface area contributed by atoms with Gasteiger partial charge in [0.2, 0.25) is 5.95 Å². The zero-order valence-corrected chi connectivity index (χ0v) is 5.53. The molecule has 2 heterocycles. The van der Waals surface area contributed by atoms with Gasteiger partial charge in [0, 0.05) is 11.8 Å². The van der Waals surface area contributed by atoms with E-state index in [0.29, 0.717) is 11.2 Å². The topological polar surface area (TPSA) is 30.2 Å². The number of hydrogen-bond donors (Lipinski definition) is 0. The van der Waals surface area contributed by atoms with Gasteiger partial charge in [0.1, 0.15) is 7.85 Å². The number of imidazole rings is 1. The Hall–Kier alpha value is -1.39. The molecule has 0 unspecified atom stereocenters. The molecule has 3 nitrogen and oxygen atoms in total. The second kappa shape index (κ2) is 2.05. The fourth-order valence-electron chi connectivity index (χ4n) is 0.869. The molecule has 5 heteroatoms. The van der Waals surface area contributed by atoms with E-state index in [2.05, 4.69) is 10.1 Å². The summed E-state index contributed by atoms with van der Waals surface area (Å²) in [5.74, 6) is -0.567. The van der Waals surface area contributed by atoms with Crippen LogP contribution in [-0.4, -0.2) is 22.4 Å². The lowest BCUT2D eigenvalue weighted by Gasteiger charge is -1.93. The van der Waals surface area contributed by atoms with Crippen molar-refractivity contribution < 1.29 is 4.39 Å². The predicted octanol–water partition coefficient (Wildman–Crippen LogP) is -0.338. The quantitative estimate of drug-likeness (QED) is 0.477. The first kappa shape index (κ1) is 6.33. The molecule has 0 aromatic carbocycles. The van der Waals surface area contributed by atoms with E-state index in [0.717, 1.165) is 0 Å². The summed E-state index contributed by atoms with van der Waals surface area (Å²) in [6, 6.07) is 2.75. The maximum atomic E-state index is 12.5. The lowest BCUT2D eigenvalue weighted by atomic mass is 10.1. The summed E-state index contributed by atoms with van der Waals surface area (Å²) in [5.41, 5.74) is 0.878. The molecule has 0 aliphatic heterocycles. The fraction of sp³-hybridized carbons (Fsp3) is 0. The standard InChI is InChI=1S/C6H3BFN3/c7-4-3-9-6-2-1-5(8)10-11(4)6/h1-3H. The number of aromatic nitrogens is 3. The minimum absolute atomic E-state index is 0.333. The second-order valence-electron chi connectivity index (χ2n) is 2.11. The van der Waals surface area contributed by atoms with E-state index in [4.69, 9.17) is 7.85 Å². The zero-order valence-electron chi connectivity index (χ0n) is 5.53. The lowest BCUT2D eigenvalue weighted by molar-refractivity contribution is 0.557. The molecular formula is C6H3BFN3. The average Bonchev–Trinajstić information content (AvgIpc) is 2.33. The number of fused-ring (bicyclic) bond motifs is 1. The Balaban J connectivity index is 2.87. The monoisotopic (exact) mass is 147 g/mol. The van der Waals surface area contributed by atoms with Gasteiger partial charge in [0.15, 0.2) is 5.65 Å². The summed E-state index contributed by atoms with van der Waals surface area (Å²) in [4.78, 5) is 3.87. The van der Waals surface area contributed by atoms with Crippen LogP contribution in [0.15, 0.2) is 18.3 Å². The van der Waals surface area contributed by atoms with Crippen LogP contribution in [0, 0.1) is 5.95 Å². The summed E-state index contributed by atoms with van der Waals surface area (Å²) in [6.45, 7) is 0. The molecule has 0 aliphatic carbocycles. The molecule has 0 bridgehead atoms. The molecule has 2 aromatic rings. The summed E-state index contributed by atoms with van der Waals surface area (Å²) in [7, 11) is 5.42. The van der Waals surface area contributed by atoms with Crippen LogP contribution in [0.4, 0.5) is 4.39 Å². The normalized spacial score (nSPS) is 10.6. The summed E-state index contributed by atoms with van der Waals surface area (Å²) in [6.07, 6.45) is 1.43. The van der Waals surface area contributed by atoms with Crippen LogP contribution >= 0.6 is 0 Å². The highest BCUT2D eigenvalue weighted by molar-refractivity contribution is 6.30. The number of rotatable bonds is 0. The number of hydrogen-bond acceptors (Lipinski definition) is 2. The van der Waals surface area contributed by atoms with Gasteiger partial charge in [-0.2, -0.15) is 4.39 Å². The molecule has 2 aromatic heterocycles. The van der Waals surface area contributed by atoms with Gasteiger partial charge in [-0.1, -0.05) is 0 Å². The molecule has 0 atom stereocenters. The third-order valence-electron chi connectivity index (χ3n) is 1.36. The van der Waals surface area contributed by atoms with Crippen LogP contribution in [0.1, 0.15) is 0 Å². The fourth-order valence-corrected chi connectivity index (χ4v) is 0.869. The second-order valence-corrected chi connectivity index (χ2v) is 2.11. The summed E-state index contributed by atoms with van der Waals surface area (Å²) >= 11 is 0. The van der Waals surface area contributed by atoms with Gasteiger partial charge >= 0.3 is 0 Å². The molecular weight excluding hydrogens is 144 g/mol. The smallest absolute Gasteiger partial charge is 0.231 e. The molecule has 2 radical (unpaired) electrons. The molecule has 0 amide bonds. The molecule has 0 aliphatic rings. The first-order chi connectivity index (χ1) is 5.27. The van der Waals surface area contributed by atoms with Gasteiger partial charge in [0.25, 0.3) is 0 Å². The molecule has 2 rings (SSSR count). The van der Waals surface area contributed by atoms with E-state index < -0.39 is 5.95 Å². The largest absolute Gasteiger partial charge is 0.236 e. The van der Waals surface area contributed by atoms with Crippen LogP contribution in [0.3, 0.4) is 0 Å². The van der Waals surface area contributed by atoms with Crippen LogP contribution in [0.2, 0.25) is 0 Å². The highest BCUT2D eigenvalue weighted by Gasteiger charge is 1.99. The third-order valence-corrected chi connectivity index (χ3v) is 1.36. The van der Waals surface area contributed by atoms with Crippen molar-refractivity contribution in [3.8, 4) is 0 Å². The first-order valence-corrected chi connectivity index (χ1v) is 3.03. The van der Waals surface area contributed by atoms with E-state index in [9.17, 15) is 4.39 Å². The maximum Gasteiger partial charge on any atom is 0.231 e. The Kier molecular flexibility index (Phi) is 1.18. The Morgan fingerprint density at radius 1 is 1.45 bits per heavy atom. The SMILES string of the molecule is [B]c1cnc2ccc(F)nn12. The van der Waals surface area contributed by atoms with Gasteiger partial charge in [-0.3, -0.25) is 0 Å². The van der Waals surface area contributed by atoms with Crippen LogP contribution in [0.5, 0.6) is 0 Å². The molecule has 0 saturated carbocycles. The van der Waals surface area contributed by atoms with Gasteiger partial charge in [-0.05, 0) is 12.1 Å². The highest BCUT2D eigenvalue weighted by atomic mass is 19.1. The van der Waals surface area contributed by atoms with Gasteiger partial charge < -0.3 is 0 Å². The number of halogens is 1. The average molecular weight is 147 g/mol. The highest BCUT2D eigenvalue weighted by Crippen LogP contribution is 1.96. The van der Waals surface area contributed by atoms with Crippen molar-refractivity contribution in [2.75, 3.05) is 0 Å². The van der Waals surface area contributed by atoms with Crippen LogP contribution in [0.25, 0.3) is 5.65 Å². The molecule has 52 valence electrons. The maximum absolute atomic E-state index is 12.5. The molecule has 0 saturated heterocycles. The molecule has 0 N–H and O–H groups in total. The summed E-state index contributed by atoms with van der Waals surface area (Å²) in [5, 5.41) is 3.50. The van der Waals surface area contributed by atoms with Crippen molar-refractivity contribution in [2.45, 2.75) is 0 Å². The van der Waals surface area contributed by atoms with Gasteiger partial charge in [0.05, 0.1) is 0 Å². The summed E-state index contributed by atoms with van der Waals surface area (Å²) < 4.78 is 13.7. The first-order valence-electron chi connectivity index (χ1n) is 3.03. The Bertz CT molecular complexity index is 398. The number of nitrogens with zero attached hydrogens (tertiary/aromatic N) is 3. The van der Waals surface area contributed by atoms with Crippen molar-refractivity contribution >= 4 is 19.1 Å². The van der Waals surface area contributed by atoms with E-state index in [1.807, 2.05) is 0 Å². The van der Waals surface area contributed by atoms with E-state index >= 15 is 0 Å². The minimum Gasteiger partial charge on any atom is -0.236 e. The Morgan fingerprint density at radius 2 is 2.27 bits per heavy atom. The predicted molar refractivity (Wildman–Crippen MR) is 38.3 cm³/mol. The van der Waals surface area contributed by atoms with Crippen molar-refractivity contribution in [2.24, 2.45) is 0 Å². The van der Waals surface area contributed by atoms with Crippen molar-refractivity contribution in [3.63, 3.8) is 0 Å². The molecule has 0 spiro atoms. The van der Waals surface area contributed by atoms with Crippen LogP contribution < -0.4 is 5.59 Å². The van der Waals surface area contributed by atoms with Gasteiger partial charge in [-0.25, -0.2) is 9.50 Å². The van der Waals surface area contributed by atoms with Crippen LogP contribution in [-0.2, 0) is 0 Å². The van der Waals surface area contributed by atoms with Crippen molar-refractivity contribution in [1.29, 1.82) is 0 Å². The lowest BCUT2D eigenvalue weighted by Crippen LogP contribution is -2.12. The van der Waals surface area contributed by atoms with E-state index in [1.54, 1.807) is 0 Å². The van der Waals surface area contributed by atoms with E-state index in [1.165, 1.54) is 22.8 Å². The Labute approximate surface area is 63.3 Å². The Morgan fingerprint density at radius 3 is 3.09 bits per heavy atom. The zero-order chi connectivity index (χ0) is 7.84. The van der Waals surface area contributed by atoms with Crippen molar-refractivity contribution in [3.05, 3.63) is 24.3 Å². The van der Waals surface area contributed by atoms with Crippen molar-refractivity contribution in [1.82, 2.24) is 14.6 Å². The molecule has 0 fully saturated rings. The minimum atomic E-state index is -0.567. The van der Waals surface area contributed by atoms with Gasteiger partial charge in [-0.15, -0.1) is 5.10 Å². The van der Waals surface area contributed by atoms with E-state index in [-0.39, 0.29) is 0 Å². The third kappa shape index (κ3) is 0.887. The molecule has 11 heavy (non-hydrogen) atoms.